The largest absolute Gasteiger partial charge is 0.494 e. The van der Waals surface area contributed by atoms with E-state index < -0.39 is 5.97 Å². The van der Waals surface area contributed by atoms with Gasteiger partial charge in [0, 0.05) is 6.54 Å². The number of benzene rings is 1. The molecule has 0 radical (unpaired) electrons. The van der Waals surface area contributed by atoms with Gasteiger partial charge in [-0.05, 0) is 37.1 Å². The molecule has 0 atom stereocenters. The number of carbonyl (C=O) groups is 1. The van der Waals surface area contributed by atoms with Crippen LogP contribution in [0.15, 0.2) is 24.3 Å². The Morgan fingerprint density at radius 2 is 2.21 bits per heavy atom. The predicted octanol–water partition coefficient (Wildman–Crippen LogP) is 2.47. The molecule has 0 spiro atoms. The Labute approximate surface area is 114 Å². The van der Waals surface area contributed by atoms with Gasteiger partial charge in [0.25, 0.3) is 0 Å². The van der Waals surface area contributed by atoms with Crippen molar-refractivity contribution < 1.29 is 14.6 Å². The molecular formula is C15H23NO3. The van der Waals surface area contributed by atoms with Crippen molar-refractivity contribution in [3.63, 3.8) is 0 Å². The zero-order valence-electron chi connectivity index (χ0n) is 11.5. The van der Waals surface area contributed by atoms with Gasteiger partial charge in [-0.25, -0.2) is 0 Å². The molecule has 0 amide bonds. The van der Waals surface area contributed by atoms with Crippen molar-refractivity contribution in [2.45, 2.75) is 32.6 Å². The standard InChI is InChI=1S/C15H23NO3/c1-2-3-11-19-14-6-4-5-13(12-14)7-9-16-10-8-15(17)18/h4-6,12,16H,2-3,7-11H2,1H3,(H,17,18). The van der Waals surface area contributed by atoms with Gasteiger partial charge in [0.15, 0.2) is 0 Å². The van der Waals surface area contributed by atoms with Crippen LogP contribution >= 0.6 is 0 Å². The molecule has 2 N–H and O–H groups in total. The van der Waals surface area contributed by atoms with Gasteiger partial charge in [0.1, 0.15) is 5.75 Å². The van der Waals surface area contributed by atoms with Crippen LogP contribution in [0.4, 0.5) is 0 Å². The highest BCUT2D eigenvalue weighted by atomic mass is 16.5. The zero-order valence-corrected chi connectivity index (χ0v) is 11.5. The molecule has 0 fully saturated rings. The number of hydrogen-bond donors (Lipinski definition) is 2. The molecule has 0 unspecified atom stereocenters. The first-order valence-electron chi connectivity index (χ1n) is 6.86. The fourth-order valence-electron chi connectivity index (χ4n) is 1.68. The quantitative estimate of drug-likeness (QED) is 0.638. The third-order valence-corrected chi connectivity index (χ3v) is 2.77. The van der Waals surface area contributed by atoms with E-state index >= 15 is 0 Å². The highest BCUT2D eigenvalue weighted by molar-refractivity contribution is 5.66. The van der Waals surface area contributed by atoms with E-state index in [-0.39, 0.29) is 6.42 Å². The minimum absolute atomic E-state index is 0.167. The van der Waals surface area contributed by atoms with Gasteiger partial charge in [-0.1, -0.05) is 25.5 Å². The summed E-state index contributed by atoms with van der Waals surface area (Å²) in [5.41, 5.74) is 1.21. The van der Waals surface area contributed by atoms with E-state index in [4.69, 9.17) is 9.84 Å². The lowest BCUT2D eigenvalue weighted by molar-refractivity contribution is -0.136. The van der Waals surface area contributed by atoms with Crippen LogP contribution in [0.1, 0.15) is 31.7 Å². The molecule has 0 saturated carbocycles. The average Bonchev–Trinajstić information content (AvgIpc) is 2.39. The molecule has 0 aliphatic carbocycles. The molecule has 0 saturated heterocycles. The van der Waals surface area contributed by atoms with Crippen LogP contribution in [-0.2, 0) is 11.2 Å². The van der Waals surface area contributed by atoms with E-state index in [0.717, 1.165) is 38.2 Å². The van der Waals surface area contributed by atoms with Crippen molar-refractivity contribution in [2.24, 2.45) is 0 Å². The molecule has 1 aromatic carbocycles. The van der Waals surface area contributed by atoms with Crippen molar-refractivity contribution in [3.05, 3.63) is 29.8 Å². The Morgan fingerprint density at radius 3 is 2.95 bits per heavy atom. The molecule has 0 heterocycles. The summed E-state index contributed by atoms with van der Waals surface area (Å²) in [6.07, 6.45) is 3.25. The third-order valence-electron chi connectivity index (χ3n) is 2.77. The van der Waals surface area contributed by atoms with Crippen molar-refractivity contribution >= 4 is 5.97 Å². The Hall–Kier alpha value is -1.55. The van der Waals surface area contributed by atoms with E-state index in [9.17, 15) is 4.79 Å². The maximum absolute atomic E-state index is 10.3. The van der Waals surface area contributed by atoms with Crippen molar-refractivity contribution in [1.29, 1.82) is 0 Å². The van der Waals surface area contributed by atoms with E-state index in [1.54, 1.807) is 0 Å². The van der Waals surface area contributed by atoms with Gasteiger partial charge in [-0.15, -0.1) is 0 Å². The number of carboxylic acid groups (broad SMARTS) is 1. The molecule has 1 rings (SSSR count). The first-order valence-corrected chi connectivity index (χ1v) is 6.86. The van der Waals surface area contributed by atoms with E-state index in [0.29, 0.717) is 6.54 Å². The zero-order chi connectivity index (χ0) is 13.9. The van der Waals surface area contributed by atoms with Crippen molar-refractivity contribution in [2.75, 3.05) is 19.7 Å². The highest BCUT2D eigenvalue weighted by Crippen LogP contribution is 2.14. The molecule has 0 bridgehead atoms. The summed E-state index contributed by atoms with van der Waals surface area (Å²) in [4.78, 5) is 10.3. The summed E-state index contributed by atoms with van der Waals surface area (Å²) in [6, 6.07) is 8.07. The maximum Gasteiger partial charge on any atom is 0.304 e. The van der Waals surface area contributed by atoms with Crippen LogP contribution in [0.3, 0.4) is 0 Å². The fraction of sp³-hybridized carbons (Fsp3) is 0.533. The van der Waals surface area contributed by atoms with Gasteiger partial charge >= 0.3 is 5.97 Å². The van der Waals surface area contributed by atoms with Crippen molar-refractivity contribution in [3.8, 4) is 5.75 Å². The summed E-state index contributed by atoms with van der Waals surface area (Å²) in [5, 5.41) is 11.6. The monoisotopic (exact) mass is 265 g/mol. The van der Waals surface area contributed by atoms with Crippen molar-refractivity contribution in [1.82, 2.24) is 5.32 Å². The van der Waals surface area contributed by atoms with Gasteiger partial charge in [-0.3, -0.25) is 4.79 Å². The predicted molar refractivity (Wildman–Crippen MR) is 75.7 cm³/mol. The van der Waals surface area contributed by atoms with Crippen LogP contribution in [0.25, 0.3) is 0 Å². The Kier molecular flexibility index (Phi) is 7.66. The van der Waals surface area contributed by atoms with Crippen LogP contribution in [0.2, 0.25) is 0 Å². The molecular weight excluding hydrogens is 242 g/mol. The first kappa shape index (κ1) is 15.5. The SMILES string of the molecule is CCCCOc1cccc(CCNCCC(=O)O)c1. The summed E-state index contributed by atoms with van der Waals surface area (Å²) in [5.74, 6) is 0.148. The molecule has 0 aliphatic rings. The number of unbranched alkanes of at least 4 members (excludes halogenated alkanes) is 1. The Balaban J connectivity index is 2.25. The molecule has 1 aromatic rings. The van der Waals surface area contributed by atoms with E-state index in [1.165, 1.54) is 5.56 Å². The molecule has 4 heteroatoms. The minimum Gasteiger partial charge on any atom is -0.494 e. The maximum atomic E-state index is 10.3. The van der Waals surface area contributed by atoms with E-state index in [2.05, 4.69) is 24.4 Å². The molecule has 19 heavy (non-hydrogen) atoms. The Bertz CT molecular complexity index is 379. The number of rotatable bonds is 10. The van der Waals surface area contributed by atoms with Gasteiger partial charge in [0.2, 0.25) is 0 Å². The molecule has 0 aromatic heterocycles. The van der Waals surface area contributed by atoms with Gasteiger partial charge in [0.05, 0.1) is 13.0 Å². The second kappa shape index (κ2) is 9.39. The number of carboxylic acids is 1. The van der Waals surface area contributed by atoms with Crippen LogP contribution in [-0.4, -0.2) is 30.8 Å². The normalized spacial score (nSPS) is 10.4. The number of aliphatic carboxylic acids is 1. The lowest BCUT2D eigenvalue weighted by Gasteiger charge is -2.08. The summed E-state index contributed by atoms with van der Waals surface area (Å²) in [6.45, 7) is 4.20. The average molecular weight is 265 g/mol. The number of nitrogens with one attached hydrogen (secondary N) is 1. The van der Waals surface area contributed by atoms with Gasteiger partial charge < -0.3 is 15.2 Å². The number of ether oxygens (including phenoxy) is 1. The molecule has 106 valence electrons. The van der Waals surface area contributed by atoms with Gasteiger partial charge in [-0.2, -0.15) is 0 Å². The molecule has 4 nitrogen and oxygen atoms in total. The minimum atomic E-state index is -0.765. The van der Waals surface area contributed by atoms with Crippen LogP contribution < -0.4 is 10.1 Å². The lowest BCUT2D eigenvalue weighted by atomic mass is 10.1. The molecule has 0 aliphatic heterocycles. The summed E-state index contributed by atoms with van der Waals surface area (Å²) in [7, 11) is 0. The lowest BCUT2D eigenvalue weighted by Crippen LogP contribution is -2.20. The summed E-state index contributed by atoms with van der Waals surface area (Å²) >= 11 is 0. The Morgan fingerprint density at radius 1 is 1.37 bits per heavy atom. The second-order valence-electron chi connectivity index (χ2n) is 4.49. The highest BCUT2D eigenvalue weighted by Gasteiger charge is 1.99. The topological polar surface area (TPSA) is 58.6 Å². The smallest absolute Gasteiger partial charge is 0.304 e. The van der Waals surface area contributed by atoms with Crippen LogP contribution in [0.5, 0.6) is 5.75 Å². The van der Waals surface area contributed by atoms with E-state index in [1.807, 2.05) is 12.1 Å². The number of hydrogen-bond acceptors (Lipinski definition) is 3. The first-order chi connectivity index (χ1) is 9.22. The second-order valence-corrected chi connectivity index (χ2v) is 4.49. The third kappa shape index (κ3) is 7.47. The fourth-order valence-corrected chi connectivity index (χ4v) is 1.68. The van der Waals surface area contributed by atoms with Crippen LogP contribution in [0, 0.1) is 0 Å². The summed E-state index contributed by atoms with van der Waals surface area (Å²) < 4.78 is 5.65.